The van der Waals surface area contributed by atoms with Gasteiger partial charge in [-0.25, -0.2) is 0 Å². The summed E-state index contributed by atoms with van der Waals surface area (Å²) >= 11 is 2.07. The number of nitrogens with one attached hydrogen (secondary N) is 1. The van der Waals surface area contributed by atoms with Crippen LogP contribution in [0, 0.1) is 6.92 Å². The Labute approximate surface area is 148 Å². The van der Waals surface area contributed by atoms with Crippen LogP contribution in [0.1, 0.15) is 24.0 Å². The first kappa shape index (κ1) is 16.2. The minimum absolute atomic E-state index is 0.192. The number of likely N-dealkylation sites (N-methyl/N-ethyl adjacent to an activating group) is 1. The molecule has 0 atom stereocenters. The molecular formula is C19H26N4S. The third-order valence-electron chi connectivity index (χ3n) is 5.14. The largest absolute Gasteiger partial charge is 0.317 e. The number of thioether (sulfide) groups is 1. The first-order valence-electron chi connectivity index (χ1n) is 8.81. The topological polar surface area (TPSA) is 33.1 Å². The zero-order chi connectivity index (χ0) is 16.7. The molecule has 0 radical (unpaired) electrons. The number of nitrogens with zero attached hydrogens (tertiary/aromatic N) is 3. The second kappa shape index (κ2) is 6.21. The van der Waals surface area contributed by atoms with Crippen LogP contribution >= 0.6 is 11.8 Å². The summed E-state index contributed by atoms with van der Waals surface area (Å²) in [6.45, 7) is 6.33. The Kier molecular flexibility index (Phi) is 4.19. The highest BCUT2D eigenvalue weighted by Crippen LogP contribution is 2.56. The van der Waals surface area contributed by atoms with Crippen LogP contribution in [0.25, 0.3) is 11.3 Å². The highest BCUT2D eigenvalue weighted by molar-refractivity contribution is 8.00. The van der Waals surface area contributed by atoms with Gasteiger partial charge in [0.15, 0.2) is 0 Å². The van der Waals surface area contributed by atoms with Gasteiger partial charge in [0.2, 0.25) is 0 Å². The molecule has 0 unspecified atom stereocenters. The molecule has 1 N–H and O–H groups in total. The summed E-state index contributed by atoms with van der Waals surface area (Å²) in [5, 5.41) is 8.52. The predicted octanol–water partition coefficient (Wildman–Crippen LogP) is 3.10. The lowest BCUT2D eigenvalue weighted by Gasteiger charge is -2.40. The van der Waals surface area contributed by atoms with Gasteiger partial charge in [0.25, 0.3) is 0 Å². The van der Waals surface area contributed by atoms with Crippen LogP contribution in [0.2, 0.25) is 0 Å². The van der Waals surface area contributed by atoms with Gasteiger partial charge in [0.1, 0.15) is 0 Å². The maximum Gasteiger partial charge on any atom is 0.0980 e. The molecule has 128 valence electrons. The number of rotatable bonds is 3. The van der Waals surface area contributed by atoms with E-state index in [1.54, 1.807) is 0 Å². The van der Waals surface area contributed by atoms with E-state index in [4.69, 9.17) is 5.10 Å². The summed E-state index contributed by atoms with van der Waals surface area (Å²) < 4.78 is 2.35. The molecule has 0 amide bonds. The highest BCUT2D eigenvalue weighted by atomic mass is 32.2. The lowest BCUT2D eigenvalue weighted by Crippen LogP contribution is -2.38. The zero-order valence-electron chi connectivity index (χ0n) is 14.8. The maximum absolute atomic E-state index is 5.00. The fourth-order valence-corrected chi connectivity index (χ4v) is 5.36. The van der Waals surface area contributed by atoms with Crippen molar-refractivity contribution in [3.8, 4) is 11.3 Å². The molecule has 4 nitrogen and oxygen atoms in total. The van der Waals surface area contributed by atoms with Crippen LogP contribution in [0.3, 0.4) is 0 Å². The summed E-state index contributed by atoms with van der Waals surface area (Å²) in [4.78, 5) is 3.62. The third kappa shape index (κ3) is 2.79. The number of aromatic nitrogens is 2. The van der Waals surface area contributed by atoms with Gasteiger partial charge >= 0.3 is 0 Å². The van der Waals surface area contributed by atoms with Crippen molar-refractivity contribution < 1.29 is 0 Å². The molecule has 2 aliphatic rings. The molecule has 2 aliphatic heterocycles. The Morgan fingerprint density at radius 3 is 2.83 bits per heavy atom. The van der Waals surface area contributed by atoms with Crippen molar-refractivity contribution in [1.82, 2.24) is 20.0 Å². The van der Waals surface area contributed by atoms with Gasteiger partial charge in [-0.15, -0.1) is 11.8 Å². The van der Waals surface area contributed by atoms with Crippen LogP contribution in [0.15, 0.2) is 29.3 Å². The fraction of sp³-hybridized carbons (Fsp3) is 0.526. The highest BCUT2D eigenvalue weighted by Gasteiger charge is 2.42. The molecule has 0 saturated carbocycles. The van der Waals surface area contributed by atoms with Crippen LogP contribution in [-0.4, -0.2) is 48.4 Å². The van der Waals surface area contributed by atoms with E-state index in [2.05, 4.69) is 72.1 Å². The van der Waals surface area contributed by atoms with E-state index in [1.165, 1.54) is 40.1 Å². The van der Waals surface area contributed by atoms with Crippen LogP contribution < -0.4 is 5.32 Å². The number of aryl methyl sites for hydroxylation is 1. The van der Waals surface area contributed by atoms with E-state index in [0.717, 1.165) is 26.2 Å². The first-order chi connectivity index (χ1) is 11.6. The van der Waals surface area contributed by atoms with E-state index < -0.39 is 0 Å². The predicted molar refractivity (Wildman–Crippen MR) is 101 cm³/mol. The normalized spacial score (nSPS) is 18.7. The number of fused-ring (bicyclic) bond motifs is 4. The Morgan fingerprint density at radius 1 is 1.29 bits per heavy atom. The maximum atomic E-state index is 5.00. The molecule has 1 saturated heterocycles. The van der Waals surface area contributed by atoms with Crippen molar-refractivity contribution in [1.29, 1.82) is 0 Å². The molecular weight excluding hydrogens is 316 g/mol. The average molecular weight is 343 g/mol. The molecule has 24 heavy (non-hydrogen) atoms. The minimum atomic E-state index is 0.192. The Balaban J connectivity index is 1.80. The van der Waals surface area contributed by atoms with Crippen molar-refractivity contribution in [2.45, 2.75) is 36.0 Å². The first-order valence-corrected chi connectivity index (χ1v) is 9.62. The standard InChI is InChI=1S/C19H26N4S/c1-14-4-5-15-17(12-14)24-19(6-8-20-9-7-19)16-13-23(21-18(15)16)11-10-22(2)3/h4-5,12-13,20H,6-11H2,1-3H3. The van der Waals surface area contributed by atoms with Gasteiger partial charge in [-0.2, -0.15) is 5.10 Å². The van der Waals surface area contributed by atoms with Crippen LogP contribution in [0.5, 0.6) is 0 Å². The molecule has 1 aromatic carbocycles. The molecule has 1 aromatic heterocycles. The lowest BCUT2D eigenvalue weighted by atomic mass is 9.87. The monoisotopic (exact) mass is 342 g/mol. The average Bonchev–Trinajstić information content (AvgIpc) is 2.99. The molecule has 0 bridgehead atoms. The zero-order valence-corrected chi connectivity index (χ0v) is 15.6. The van der Waals surface area contributed by atoms with Crippen molar-refractivity contribution in [3.63, 3.8) is 0 Å². The molecule has 1 fully saturated rings. The molecule has 5 heteroatoms. The van der Waals surface area contributed by atoms with E-state index >= 15 is 0 Å². The van der Waals surface area contributed by atoms with Gasteiger partial charge in [-0.1, -0.05) is 12.1 Å². The fourth-order valence-electron chi connectivity index (χ4n) is 3.75. The smallest absolute Gasteiger partial charge is 0.0980 e. The summed E-state index contributed by atoms with van der Waals surface area (Å²) in [5.74, 6) is 0. The Morgan fingerprint density at radius 2 is 2.08 bits per heavy atom. The Hall–Kier alpha value is -1.30. The molecule has 4 rings (SSSR count). The lowest BCUT2D eigenvalue weighted by molar-refractivity contribution is 0.373. The molecule has 2 aromatic rings. The van der Waals surface area contributed by atoms with E-state index in [9.17, 15) is 0 Å². The summed E-state index contributed by atoms with van der Waals surface area (Å²) in [7, 11) is 4.23. The number of benzene rings is 1. The second-order valence-corrected chi connectivity index (χ2v) is 8.73. The van der Waals surface area contributed by atoms with Gasteiger partial charge in [-0.05, 0) is 58.6 Å². The van der Waals surface area contributed by atoms with Crippen molar-refractivity contribution in [3.05, 3.63) is 35.5 Å². The minimum Gasteiger partial charge on any atom is -0.317 e. The SMILES string of the molecule is Cc1ccc2c(c1)SC1(CCNCC1)c1cn(CCN(C)C)nc1-2. The summed E-state index contributed by atoms with van der Waals surface area (Å²) in [6.07, 6.45) is 4.68. The summed E-state index contributed by atoms with van der Waals surface area (Å²) in [5.41, 5.74) is 5.31. The number of hydrogen-bond donors (Lipinski definition) is 1. The quantitative estimate of drug-likeness (QED) is 0.929. The van der Waals surface area contributed by atoms with Gasteiger partial charge in [-0.3, -0.25) is 4.68 Å². The van der Waals surface area contributed by atoms with Crippen LogP contribution in [0.4, 0.5) is 0 Å². The van der Waals surface area contributed by atoms with Crippen molar-refractivity contribution in [2.75, 3.05) is 33.7 Å². The van der Waals surface area contributed by atoms with Gasteiger partial charge < -0.3 is 10.2 Å². The van der Waals surface area contributed by atoms with Crippen LogP contribution in [-0.2, 0) is 11.3 Å². The van der Waals surface area contributed by atoms with E-state index in [-0.39, 0.29) is 4.75 Å². The van der Waals surface area contributed by atoms with Gasteiger partial charge in [0.05, 0.1) is 17.0 Å². The summed E-state index contributed by atoms with van der Waals surface area (Å²) in [6, 6.07) is 6.81. The van der Waals surface area contributed by atoms with Crippen molar-refractivity contribution >= 4 is 11.8 Å². The second-order valence-electron chi connectivity index (χ2n) is 7.30. The molecule has 3 heterocycles. The number of piperidine rings is 1. The molecule has 1 spiro atoms. The third-order valence-corrected chi connectivity index (χ3v) is 6.71. The van der Waals surface area contributed by atoms with Gasteiger partial charge in [0, 0.05) is 28.8 Å². The van der Waals surface area contributed by atoms with E-state index in [0.29, 0.717) is 0 Å². The Bertz CT molecular complexity index is 744. The molecule has 0 aliphatic carbocycles. The van der Waals surface area contributed by atoms with Crippen molar-refractivity contribution in [2.24, 2.45) is 0 Å². The number of hydrogen-bond acceptors (Lipinski definition) is 4. The van der Waals surface area contributed by atoms with E-state index in [1.807, 2.05) is 0 Å².